The van der Waals surface area contributed by atoms with Crippen molar-refractivity contribution in [1.29, 1.82) is 0 Å². The first-order valence-electron chi connectivity index (χ1n) is 10.4. The van der Waals surface area contributed by atoms with Gasteiger partial charge in [0, 0.05) is 13.0 Å². The molecular weight excluding hydrogens is 436 g/mol. The first-order chi connectivity index (χ1) is 15.6. The summed E-state index contributed by atoms with van der Waals surface area (Å²) in [6.45, 7) is -0.423. The molecule has 33 heavy (non-hydrogen) atoms. The summed E-state index contributed by atoms with van der Waals surface area (Å²) in [5.41, 5.74) is 6.29. The van der Waals surface area contributed by atoms with Crippen LogP contribution in [0.15, 0.2) is 30.3 Å². The van der Waals surface area contributed by atoms with Crippen LogP contribution in [0.5, 0.6) is 0 Å². The van der Waals surface area contributed by atoms with E-state index < -0.39 is 66.9 Å². The number of aliphatic hydroxyl groups is 1. The van der Waals surface area contributed by atoms with Gasteiger partial charge >= 0.3 is 11.9 Å². The number of aliphatic carboxylic acids is 2. The van der Waals surface area contributed by atoms with E-state index in [1.165, 1.54) is 4.90 Å². The molecule has 12 heteroatoms. The van der Waals surface area contributed by atoms with Crippen LogP contribution in [0.25, 0.3) is 0 Å². The Morgan fingerprint density at radius 2 is 1.73 bits per heavy atom. The highest BCUT2D eigenvalue weighted by molar-refractivity contribution is 5.95. The maximum atomic E-state index is 13.3. The number of carboxylic acids is 2. The van der Waals surface area contributed by atoms with Gasteiger partial charge < -0.3 is 36.6 Å². The predicted octanol–water partition coefficient (Wildman–Crippen LogP) is -1.93. The Kier molecular flexibility index (Phi) is 9.30. The lowest BCUT2D eigenvalue weighted by molar-refractivity contribution is -0.148. The van der Waals surface area contributed by atoms with Crippen molar-refractivity contribution in [2.45, 2.75) is 49.9 Å². The lowest BCUT2D eigenvalue weighted by Crippen LogP contribution is -2.57. The van der Waals surface area contributed by atoms with Crippen molar-refractivity contribution in [1.82, 2.24) is 15.5 Å². The standard InChI is InChI=1S/C21H28N4O8/c22-13(11-26)18(29)23-14(9-12-5-2-1-3-6-12)20(31)25-8-4-7-16(25)19(30)24-15(21(32)33)10-17(27)28/h1-3,5-6,13-16,26H,4,7-11,22H2,(H,23,29)(H,24,30)(H,27,28)(H,32,33). The number of nitrogens with one attached hydrogen (secondary N) is 2. The van der Waals surface area contributed by atoms with Crippen molar-refractivity contribution < 1.29 is 39.3 Å². The molecule has 0 aromatic heterocycles. The average molecular weight is 464 g/mol. The number of hydrogen-bond acceptors (Lipinski definition) is 7. The summed E-state index contributed by atoms with van der Waals surface area (Å²) in [6, 6.07) is 3.85. The topological polar surface area (TPSA) is 199 Å². The van der Waals surface area contributed by atoms with Gasteiger partial charge in [-0.1, -0.05) is 30.3 Å². The van der Waals surface area contributed by atoms with E-state index in [4.69, 9.17) is 15.9 Å². The van der Waals surface area contributed by atoms with E-state index >= 15 is 0 Å². The third-order valence-electron chi connectivity index (χ3n) is 5.26. The minimum atomic E-state index is -1.64. The molecule has 0 saturated carbocycles. The minimum Gasteiger partial charge on any atom is -0.481 e. The van der Waals surface area contributed by atoms with Gasteiger partial charge in [0.1, 0.15) is 24.2 Å². The number of aliphatic hydroxyl groups excluding tert-OH is 1. The number of carbonyl (C=O) groups is 5. The summed E-state index contributed by atoms with van der Waals surface area (Å²) in [6.07, 6.45) is 0.000434. The normalized spacial score (nSPS) is 18.1. The van der Waals surface area contributed by atoms with E-state index in [-0.39, 0.29) is 19.4 Å². The van der Waals surface area contributed by atoms with Crippen LogP contribution in [0.4, 0.5) is 0 Å². The van der Waals surface area contributed by atoms with Crippen molar-refractivity contribution in [2.75, 3.05) is 13.2 Å². The molecule has 1 aromatic rings. The smallest absolute Gasteiger partial charge is 0.326 e. The Labute approximate surface area is 189 Å². The summed E-state index contributed by atoms with van der Waals surface area (Å²) >= 11 is 0. The number of rotatable bonds is 11. The second-order valence-electron chi connectivity index (χ2n) is 7.73. The second kappa shape index (κ2) is 11.9. The maximum absolute atomic E-state index is 13.3. The lowest BCUT2D eigenvalue weighted by atomic mass is 10.0. The molecule has 0 bridgehead atoms. The van der Waals surface area contributed by atoms with Gasteiger partial charge in [-0.15, -0.1) is 0 Å². The molecule has 12 nitrogen and oxygen atoms in total. The zero-order valence-electron chi connectivity index (χ0n) is 17.8. The van der Waals surface area contributed by atoms with Crippen LogP contribution in [0, 0.1) is 0 Å². The van der Waals surface area contributed by atoms with Crippen LogP contribution in [0.2, 0.25) is 0 Å². The van der Waals surface area contributed by atoms with Gasteiger partial charge in [-0.3, -0.25) is 19.2 Å². The van der Waals surface area contributed by atoms with Crippen LogP contribution in [0.1, 0.15) is 24.8 Å². The maximum Gasteiger partial charge on any atom is 0.326 e. The molecule has 0 radical (unpaired) electrons. The van der Waals surface area contributed by atoms with E-state index in [1.54, 1.807) is 30.3 Å². The van der Waals surface area contributed by atoms with Crippen LogP contribution in [-0.2, 0) is 30.4 Å². The van der Waals surface area contributed by atoms with Gasteiger partial charge in [-0.25, -0.2) is 4.79 Å². The van der Waals surface area contributed by atoms with Crippen molar-refractivity contribution in [3.05, 3.63) is 35.9 Å². The van der Waals surface area contributed by atoms with Gasteiger partial charge in [0.05, 0.1) is 13.0 Å². The Balaban J connectivity index is 2.20. The third-order valence-corrected chi connectivity index (χ3v) is 5.26. The highest BCUT2D eigenvalue weighted by atomic mass is 16.4. The summed E-state index contributed by atoms with van der Waals surface area (Å²) in [7, 11) is 0. The van der Waals surface area contributed by atoms with E-state index in [2.05, 4.69) is 10.6 Å². The summed E-state index contributed by atoms with van der Waals surface area (Å²) in [5.74, 6) is -4.99. The third kappa shape index (κ3) is 7.26. The minimum absolute atomic E-state index is 0.102. The zero-order chi connectivity index (χ0) is 24.5. The number of hydrogen-bond donors (Lipinski definition) is 6. The Morgan fingerprint density at radius 3 is 2.30 bits per heavy atom. The summed E-state index contributed by atoms with van der Waals surface area (Å²) in [5, 5.41) is 31.9. The van der Waals surface area contributed by atoms with Crippen molar-refractivity contribution >= 4 is 29.7 Å². The molecule has 0 aliphatic carbocycles. The molecule has 3 amide bonds. The predicted molar refractivity (Wildman–Crippen MR) is 114 cm³/mol. The molecule has 4 unspecified atom stereocenters. The molecule has 2 rings (SSSR count). The van der Waals surface area contributed by atoms with Crippen LogP contribution >= 0.6 is 0 Å². The van der Waals surface area contributed by atoms with Crippen molar-refractivity contribution in [3.63, 3.8) is 0 Å². The second-order valence-corrected chi connectivity index (χ2v) is 7.73. The molecule has 1 aromatic carbocycles. The molecule has 1 fully saturated rings. The lowest BCUT2D eigenvalue weighted by Gasteiger charge is -2.30. The van der Waals surface area contributed by atoms with E-state index in [0.29, 0.717) is 6.42 Å². The largest absolute Gasteiger partial charge is 0.481 e. The molecule has 7 N–H and O–H groups in total. The van der Waals surface area contributed by atoms with Gasteiger partial charge in [0.2, 0.25) is 17.7 Å². The first-order valence-corrected chi connectivity index (χ1v) is 10.4. The van der Waals surface area contributed by atoms with Gasteiger partial charge in [0.25, 0.3) is 0 Å². The highest BCUT2D eigenvalue weighted by Gasteiger charge is 2.39. The molecule has 4 atom stereocenters. The Morgan fingerprint density at radius 1 is 1.06 bits per heavy atom. The molecule has 1 heterocycles. The van der Waals surface area contributed by atoms with Crippen LogP contribution < -0.4 is 16.4 Å². The highest BCUT2D eigenvalue weighted by Crippen LogP contribution is 2.20. The van der Waals surface area contributed by atoms with Crippen molar-refractivity contribution in [2.24, 2.45) is 5.73 Å². The SMILES string of the molecule is NC(CO)C(=O)NC(Cc1ccccc1)C(=O)N1CCCC1C(=O)NC(CC(=O)O)C(=O)O. The monoisotopic (exact) mass is 464 g/mol. The number of amides is 3. The number of nitrogens with zero attached hydrogens (tertiary/aromatic N) is 1. The number of carbonyl (C=O) groups excluding carboxylic acids is 3. The van der Waals surface area contributed by atoms with Gasteiger partial charge in [-0.2, -0.15) is 0 Å². The van der Waals surface area contributed by atoms with Crippen LogP contribution in [0.3, 0.4) is 0 Å². The van der Waals surface area contributed by atoms with E-state index in [1.807, 2.05) is 0 Å². The fourth-order valence-corrected chi connectivity index (χ4v) is 3.56. The summed E-state index contributed by atoms with van der Waals surface area (Å²) in [4.78, 5) is 61.7. The van der Waals surface area contributed by atoms with Crippen molar-refractivity contribution in [3.8, 4) is 0 Å². The van der Waals surface area contributed by atoms with Crippen LogP contribution in [-0.4, -0.2) is 87.2 Å². The molecular formula is C21H28N4O8. The molecule has 0 spiro atoms. The molecule has 1 saturated heterocycles. The van der Waals surface area contributed by atoms with E-state index in [0.717, 1.165) is 5.56 Å². The number of likely N-dealkylation sites (tertiary alicyclic amines) is 1. The number of carboxylic acid groups (broad SMARTS) is 2. The average Bonchev–Trinajstić information content (AvgIpc) is 3.27. The fraction of sp³-hybridized carbons (Fsp3) is 0.476. The molecule has 1 aliphatic heterocycles. The van der Waals surface area contributed by atoms with Gasteiger partial charge in [-0.05, 0) is 18.4 Å². The molecule has 180 valence electrons. The Hall–Kier alpha value is -3.51. The van der Waals surface area contributed by atoms with E-state index in [9.17, 15) is 29.1 Å². The summed E-state index contributed by atoms with van der Waals surface area (Å²) < 4.78 is 0. The first kappa shape index (κ1) is 25.7. The number of benzene rings is 1. The Bertz CT molecular complexity index is 878. The molecule has 1 aliphatic rings. The zero-order valence-corrected chi connectivity index (χ0v) is 17.8. The number of nitrogens with two attached hydrogens (primary N) is 1. The fourth-order valence-electron chi connectivity index (χ4n) is 3.56. The van der Waals surface area contributed by atoms with Gasteiger partial charge in [0.15, 0.2) is 0 Å². The quantitative estimate of drug-likeness (QED) is 0.216.